The molecule has 0 aliphatic carbocycles. The predicted molar refractivity (Wildman–Crippen MR) is 124 cm³/mol. The van der Waals surface area contributed by atoms with Gasteiger partial charge in [-0.2, -0.15) is 10.2 Å². The number of amidine groups is 1. The number of halogens is 2. The normalized spacial score (nSPS) is 12.5. The number of nitrogens with one attached hydrogen (secondary N) is 2. The highest BCUT2D eigenvalue weighted by Gasteiger charge is 1.96. The SMILES string of the molecule is C=C(/C=C(\N=C(C)N)N/N=C/c1ccc(Br)cc1)N/N=C/c1ccc(Br)cc1. The molecule has 6 nitrogen and oxygen atoms in total. The van der Waals surface area contributed by atoms with Gasteiger partial charge in [-0.05, 0) is 42.3 Å². The van der Waals surface area contributed by atoms with Crippen molar-refractivity contribution in [1.82, 2.24) is 10.9 Å². The molecule has 0 fully saturated rings. The molecule has 0 atom stereocenters. The molecule has 144 valence electrons. The molecule has 2 aromatic carbocycles. The minimum atomic E-state index is 0.392. The number of aliphatic imine (C=N–C) groups is 1. The van der Waals surface area contributed by atoms with Gasteiger partial charge in [-0.15, -0.1) is 0 Å². The first-order chi connectivity index (χ1) is 13.4. The maximum atomic E-state index is 5.69. The summed E-state index contributed by atoms with van der Waals surface area (Å²) in [5, 5.41) is 8.34. The van der Waals surface area contributed by atoms with Gasteiger partial charge < -0.3 is 5.73 Å². The van der Waals surface area contributed by atoms with Gasteiger partial charge in [-0.25, -0.2) is 4.99 Å². The van der Waals surface area contributed by atoms with Crippen molar-refractivity contribution in [2.24, 2.45) is 20.9 Å². The number of hydrazone groups is 2. The summed E-state index contributed by atoms with van der Waals surface area (Å²) in [6.07, 6.45) is 5.04. The van der Waals surface area contributed by atoms with Gasteiger partial charge in [0.1, 0.15) is 5.82 Å². The molecule has 0 amide bonds. The molecular weight excluding hydrogens is 484 g/mol. The summed E-state index contributed by atoms with van der Waals surface area (Å²) in [6.45, 7) is 5.60. The Balaban J connectivity index is 1.99. The van der Waals surface area contributed by atoms with Crippen LogP contribution >= 0.6 is 31.9 Å². The Bertz CT molecular complexity index is 909. The fourth-order valence-corrected chi connectivity index (χ4v) is 2.47. The largest absolute Gasteiger partial charge is 0.387 e. The average Bonchev–Trinajstić information content (AvgIpc) is 2.64. The van der Waals surface area contributed by atoms with E-state index < -0.39 is 0 Å². The first-order valence-electron chi connectivity index (χ1n) is 8.23. The molecule has 0 radical (unpaired) electrons. The average molecular weight is 504 g/mol. The van der Waals surface area contributed by atoms with Crippen LogP contribution in [0.2, 0.25) is 0 Å². The first kappa shape index (κ1) is 21.6. The maximum Gasteiger partial charge on any atom is 0.150 e. The molecule has 0 aliphatic rings. The number of benzene rings is 2. The van der Waals surface area contributed by atoms with Gasteiger partial charge in [-0.3, -0.25) is 10.9 Å². The van der Waals surface area contributed by atoms with Crippen LogP contribution in [0.15, 0.2) is 96.8 Å². The van der Waals surface area contributed by atoms with Crippen LogP contribution < -0.4 is 16.6 Å². The maximum absolute atomic E-state index is 5.69. The fraction of sp³-hybridized carbons (Fsp3) is 0.0500. The number of allylic oxidation sites excluding steroid dienone is 1. The quantitative estimate of drug-likeness (QED) is 0.214. The molecule has 2 aromatic rings. The van der Waals surface area contributed by atoms with Gasteiger partial charge in [-0.1, -0.05) is 62.7 Å². The van der Waals surface area contributed by atoms with Crippen molar-refractivity contribution in [3.63, 3.8) is 0 Å². The number of hydrogen-bond acceptors (Lipinski definition) is 5. The van der Waals surface area contributed by atoms with Crippen LogP contribution in [0.1, 0.15) is 18.1 Å². The molecule has 0 spiro atoms. The minimum Gasteiger partial charge on any atom is -0.387 e. The molecule has 0 unspecified atom stereocenters. The highest BCUT2D eigenvalue weighted by molar-refractivity contribution is 9.10. The highest BCUT2D eigenvalue weighted by Crippen LogP contribution is 2.10. The molecular formula is C20H20Br2N6. The third-order valence-corrected chi connectivity index (χ3v) is 4.22. The number of nitrogens with zero attached hydrogens (tertiary/aromatic N) is 3. The molecule has 0 heterocycles. The summed E-state index contributed by atoms with van der Waals surface area (Å²) in [6, 6.07) is 15.5. The van der Waals surface area contributed by atoms with E-state index in [1.807, 2.05) is 48.5 Å². The summed E-state index contributed by atoms with van der Waals surface area (Å²) in [7, 11) is 0. The molecule has 0 saturated heterocycles. The Morgan fingerprint density at radius 1 is 0.893 bits per heavy atom. The summed E-state index contributed by atoms with van der Waals surface area (Å²) >= 11 is 6.80. The lowest BCUT2D eigenvalue weighted by atomic mass is 10.2. The first-order valence-corrected chi connectivity index (χ1v) is 9.81. The molecule has 8 heteroatoms. The van der Waals surface area contributed by atoms with Crippen LogP contribution in [0.3, 0.4) is 0 Å². The van der Waals surface area contributed by atoms with Crippen molar-refractivity contribution < 1.29 is 0 Å². The van der Waals surface area contributed by atoms with Crippen LogP contribution in [0.5, 0.6) is 0 Å². The van der Waals surface area contributed by atoms with Crippen molar-refractivity contribution in [3.05, 3.63) is 92.8 Å². The van der Waals surface area contributed by atoms with Crippen molar-refractivity contribution >= 4 is 50.1 Å². The summed E-state index contributed by atoms with van der Waals surface area (Å²) in [4.78, 5) is 4.20. The van der Waals surface area contributed by atoms with E-state index in [0.29, 0.717) is 17.4 Å². The van der Waals surface area contributed by atoms with Crippen LogP contribution in [-0.4, -0.2) is 18.3 Å². The summed E-state index contributed by atoms with van der Waals surface area (Å²) in [5.41, 5.74) is 13.8. The summed E-state index contributed by atoms with van der Waals surface area (Å²) in [5.74, 6) is 0.827. The zero-order valence-electron chi connectivity index (χ0n) is 15.2. The standard InChI is InChI=1S/C20H20Br2N6/c1-14(27-24-12-16-3-7-18(21)8-4-16)11-20(26-15(2)23)28-25-13-17-5-9-19(22)10-6-17/h3-13,27-28H,1H2,2H3,(H2,23,26)/b20-11+,24-12+,25-13+. The van der Waals surface area contributed by atoms with Gasteiger partial charge in [0.25, 0.3) is 0 Å². The Morgan fingerprint density at radius 2 is 1.36 bits per heavy atom. The fourth-order valence-electron chi connectivity index (χ4n) is 1.94. The van der Waals surface area contributed by atoms with E-state index >= 15 is 0 Å². The molecule has 0 aromatic heterocycles. The smallest absolute Gasteiger partial charge is 0.150 e. The zero-order chi connectivity index (χ0) is 20.4. The van der Waals surface area contributed by atoms with Gasteiger partial charge in [0.05, 0.1) is 24.0 Å². The minimum absolute atomic E-state index is 0.392. The third-order valence-electron chi connectivity index (χ3n) is 3.16. The van der Waals surface area contributed by atoms with Gasteiger partial charge in [0.15, 0.2) is 0 Å². The Kier molecular flexibility index (Phi) is 8.64. The number of rotatable bonds is 8. The van der Waals surface area contributed by atoms with Crippen LogP contribution in [0, 0.1) is 0 Å². The van der Waals surface area contributed by atoms with Gasteiger partial charge >= 0.3 is 0 Å². The van der Waals surface area contributed by atoms with Crippen LogP contribution in [0.25, 0.3) is 0 Å². The van der Waals surface area contributed by atoms with E-state index in [0.717, 1.165) is 20.1 Å². The number of hydrogen-bond donors (Lipinski definition) is 3. The Hall–Kier alpha value is -2.71. The van der Waals surface area contributed by atoms with Crippen molar-refractivity contribution in [1.29, 1.82) is 0 Å². The Morgan fingerprint density at radius 3 is 1.82 bits per heavy atom. The second-order valence-corrected chi connectivity index (χ2v) is 7.48. The van der Waals surface area contributed by atoms with Crippen LogP contribution in [-0.2, 0) is 0 Å². The molecule has 4 N–H and O–H groups in total. The topological polar surface area (TPSA) is 87.2 Å². The van der Waals surface area contributed by atoms with E-state index in [1.165, 1.54) is 0 Å². The monoisotopic (exact) mass is 502 g/mol. The van der Waals surface area contributed by atoms with Crippen LogP contribution in [0.4, 0.5) is 0 Å². The van der Waals surface area contributed by atoms with Crippen molar-refractivity contribution in [2.75, 3.05) is 0 Å². The van der Waals surface area contributed by atoms with E-state index in [4.69, 9.17) is 5.73 Å². The predicted octanol–water partition coefficient (Wildman–Crippen LogP) is 4.49. The van der Waals surface area contributed by atoms with Gasteiger partial charge in [0.2, 0.25) is 0 Å². The van der Waals surface area contributed by atoms with E-state index in [-0.39, 0.29) is 0 Å². The molecule has 0 saturated carbocycles. The molecule has 0 bridgehead atoms. The lowest BCUT2D eigenvalue weighted by Crippen LogP contribution is -2.13. The van der Waals surface area contributed by atoms with Crippen molar-refractivity contribution in [2.45, 2.75) is 6.92 Å². The van der Waals surface area contributed by atoms with E-state index in [9.17, 15) is 0 Å². The second-order valence-electron chi connectivity index (χ2n) is 5.65. The number of nitrogens with two attached hydrogens (primary N) is 1. The van der Waals surface area contributed by atoms with E-state index in [1.54, 1.807) is 25.4 Å². The molecule has 2 rings (SSSR count). The lowest BCUT2D eigenvalue weighted by molar-refractivity contribution is 0.856. The highest BCUT2D eigenvalue weighted by atomic mass is 79.9. The van der Waals surface area contributed by atoms with Crippen molar-refractivity contribution in [3.8, 4) is 0 Å². The third kappa shape index (κ3) is 8.32. The lowest BCUT2D eigenvalue weighted by Gasteiger charge is -2.04. The summed E-state index contributed by atoms with van der Waals surface area (Å²) < 4.78 is 2.02. The van der Waals surface area contributed by atoms with E-state index in [2.05, 4.69) is 64.5 Å². The molecule has 28 heavy (non-hydrogen) atoms. The van der Waals surface area contributed by atoms with Gasteiger partial charge in [0, 0.05) is 15.0 Å². The Labute approximate surface area is 181 Å². The molecule has 0 aliphatic heterocycles. The zero-order valence-corrected chi connectivity index (χ0v) is 18.4. The second kappa shape index (κ2) is 11.2.